The minimum atomic E-state index is -0.755. The highest BCUT2D eigenvalue weighted by molar-refractivity contribution is 7.71. The molecule has 1 aliphatic rings. The number of imidazole rings is 1. The van der Waals surface area contributed by atoms with Crippen LogP contribution in [0.3, 0.4) is 0 Å². The maximum absolute atomic E-state index is 11.2. The largest absolute Gasteiger partial charge is 0.480 e. The average Bonchev–Trinajstić information content (AvgIpc) is 2.91. The van der Waals surface area contributed by atoms with Crippen LogP contribution in [-0.4, -0.2) is 33.6 Å². The third-order valence-corrected chi connectivity index (χ3v) is 3.57. The topological polar surface area (TPSA) is 72.1 Å². The molecule has 18 heavy (non-hydrogen) atoms. The van der Waals surface area contributed by atoms with Crippen LogP contribution in [-0.2, 0) is 4.79 Å². The molecule has 1 aromatic heterocycles. The SMILES string of the molecule is O=C(O)C1CCCN1c1ccc2[nH]c(=S)[nH]c2c1. The number of anilines is 1. The molecule has 1 unspecified atom stereocenters. The van der Waals surface area contributed by atoms with Crippen LogP contribution in [0.2, 0.25) is 0 Å². The van der Waals surface area contributed by atoms with E-state index < -0.39 is 12.0 Å². The van der Waals surface area contributed by atoms with Gasteiger partial charge in [0.2, 0.25) is 0 Å². The highest BCUT2D eigenvalue weighted by Gasteiger charge is 2.30. The first-order valence-corrected chi connectivity index (χ1v) is 6.27. The van der Waals surface area contributed by atoms with Gasteiger partial charge in [0.1, 0.15) is 6.04 Å². The van der Waals surface area contributed by atoms with Gasteiger partial charge in [-0.15, -0.1) is 0 Å². The molecule has 2 aromatic rings. The molecule has 2 heterocycles. The Kier molecular flexibility index (Phi) is 2.59. The Balaban J connectivity index is 2.03. The van der Waals surface area contributed by atoms with Gasteiger partial charge >= 0.3 is 5.97 Å². The van der Waals surface area contributed by atoms with Gasteiger partial charge in [-0.1, -0.05) is 0 Å². The van der Waals surface area contributed by atoms with Gasteiger partial charge in [-0.05, 0) is 43.3 Å². The van der Waals surface area contributed by atoms with Crippen molar-refractivity contribution in [1.29, 1.82) is 0 Å². The number of rotatable bonds is 2. The van der Waals surface area contributed by atoms with Crippen LogP contribution in [0.15, 0.2) is 18.2 Å². The lowest BCUT2D eigenvalue weighted by Gasteiger charge is -2.23. The second kappa shape index (κ2) is 4.13. The van der Waals surface area contributed by atoms with Crippen LogP contribution >= 0.6 is 12.2 Å². The molecule has 0 aliphatic carbocycles. The van der Waals surface area contributed by atoms with Crippen LogP contribution in [0.1, 0.15) is 12.8 Å². The van der Waals surface area contributed by atoms with E-state index in [0.717, 1.165) is 29.7 Å². The number of H-pyrrole nitrogens is 2. The molecular formula is C12H13N3O2S. The molecule has 3 rings (SSSR count). The maximum Gasteiger partial charge on any atom is 0.326 e. The third kappa shape index (κ3) is 1.78. The monoisotopic (exact) mass is 263 g/mol. The predicted molar refractivity (Wildman–Crippen MR) is 71.5 cm³/mol. The average molecular weight is 263 g/mol. The summed E-state index contributed by atoms with van der Waals surface area (Å²) in [4.78, 5) is 19.2. The number of aliphatic carboxylic acids is 1. The number of aromatic amines is 2. The Morgan fingerprint density at radius 1 is 1.39 bits per heavy atom. The molecule has 1 saturated heterocycles. The molecular weight excluding hydrogens is 250 g/mol. The summed E-state index contributed by atoms with van der Waals surface area (Å²) in [6.07, 6.45) is 1.62. The molecule has 3 N–H and O–H groups in total. The number of aromatic nitrogens is 2. The normalized spacial score (nSPS) is 19.6. The van der Waals surface area contributed by atoms with Gasteiger partial charge in [0, 0.05) is 12.2 Å². The zero-order chi connectivity index (χ0) is 12.7. The number of nitrogens with one attached hydrogen (secondary N) is 2. The summed E-state index contributed by atoms with van der Waals surface area (Å²) >= 11 is 5.04. The maximum atomic E-state index is 11.2. The van der Waals surface area contributed by atoms with Gasteiger partial charge in [0.25, 0.3) is 0 Å². The molecule has 1 atom stereocenters. The van der Waals surface area contributed by atoms with E-state index in [9.17, 15) is 9.90 Å². The molecule has 0 radical (unpaired) electrons. The molecule has 1 fully saturated rings. The third-order valence-electron chi connectivity index (χ3n) is 3.37. The standard InChI is InChI=1S/C12H13N3O2S/c16-11(17)10-2-1-5-15(10)7-3-4-8-9(6-7)14-12(18)13-8/h3-4,6,10H,1-2,5H2,(H,16,17)(H2,13,14,18). The van der Waals surface area contributed by atoms with Gasteiger partial charge in [0.15, 0.2) is 4.77 Å². The molecule has 5 nitrogen and oxygen atoms in total. The van der Waals surface area contributed by atoms with Gasteiger partial charge in [-0.2, -0.15) is 0 Å². The van der Waals surface area contributed by atoms with Crippen LogP contribution in [0.4, 0.5) is 5.69 Å². The van der Waals surface area contributed by atoms with E-state index >= 15 is 0 Å². The minimum Gasteiger partial charge on any atom is -0.480 e. The van der Waals surface area contributed by atoms with Crippen molar-refractivity contribution in [2.45, 2.75) is 18.9 Å². The van der Waals surface area contributed by atoms with Crippen molar-refractivity contribution in [1.82, 2.24) is 9.97 Å². The number of benzene rings is 1. The Labute approximate surface area is 108 Å². The predicted octanol–water partition coefficient (Wildman–Crippen LogP) is 2.28. The number of hydrogen-bond acceptors (Lipinski definition) is 3. The zero-order valence-corrected chi connectivity index (χ0v) is 10.5. The van der Waals surface area contributed by atoms with Crippen molar-refractivity contribution in [3.8, 4) is 0 Å². The van der Waals surface area contributed by atoms with Crippen molar-refractivity contribution in [2.24, 2.45) is 0 Å². The van der Waals surface area contributed by atoms with Gasteiger partial charge in [0.05, 0.1) is 11.0 Å². The quantitative estimate of drug-likeness (QED) is 0.727. The summed E-state index contributed by atoms with van der Waals surface area (Å²) in [5.41, 5.74) is 2.78. The Morgan fingerprint density at radius 3 is 2.94 bits per heavy atom. The molecule has 0 saturated carbocycles. The number of carboxylic acids is 1. The summed E-state index contributed by atoms with van der Waals surface area (Å²) in [5.74, 6) is -0.755. The number of hydrogen-bond donors (Lipinski definition) is 3. The van der Waals surface area contributed by atoms with Crippen LogP contribution < -0.4 is 4.90 Å². The summed E-state index contributed by atoms with van der Waals surface area (Å²) in [5, 5.41) is 9.19. The lowest BCUT2D eigenvalue weighted by atomic mass is 10.2. The van der Waals surface area contributed by atoms with Crippen LogP contribution in [0, 0.1) is 4.77 Å². The van der Waals surface area contributed by atoms with E-state index in [4.69, 9.17) is 12.2 Å². The first kappa shape index (κ1) is 11.3. The lowest BCUT2D eigenvalue weighted by Crippen LogP contribution is -2.35. The van der Waals surface area contributed by atoms with Crippen molar-refractivity contribution in [2.75, 3.05) is 11.4 Å². The first-order chi connectivity index (χ1) is 8.65. The number of fused-ring (bicyclic) bond motifs is 1. The Bertz CT molecular complexity index is 661. The fourth-order valence-electron chi connectivity index (χ4n) is 2.53. The molecule has 0 amide bonds. The molecule has 94 valence electrons. The van der Waals surface area contributed by atoms with Crippen molar-refractivity contribution >= 4 is 34.9 Å². The second-order valence-electron chi connectivity index (χ2n) is 4.50. The van der Waals surface area contributed by atoms with E-state index in [0.29, 0.717) is 11.2 Å². The molecule has 1 aliphatic heterocycles. The summed E-state index contributed by atoms with van der Waals surface area (Å²) in [6, 6.07) is 5.39. The van der Waals surface area contributed by atoms with Gasteiger partial charge in [-0.3, -0.25) is 0 Å². The van der Waals surface area contributed by atoms with E-state index in [2.05, 4.69) is 9.97 Å². The van der Waals surface area contributed by atoms with Crippen molar-refractivity contribution < 1.29 is 9.90 Å². The number of nitrogens with zero attached hydrogens (tertiary/aromatic N) is 1. The Morgan fingerprint density at radius 2 is 2.17 bits per heavy atom. The highest BCUT2D eigenvalue weighted by Crippen LogP contribution is 2.27. The lowest BCUT2D eigenvalue weighted by molar-refractivity contribution is -0.138. The van der Waals surface area contributed by atoms with Crippen molar-refractivity contribution in [3.63, 3.8) is 0 Å². The van der Waals surface area contributed by atoms with E-state index in [1.165, 1.54) is 0 Å². The minimum absolute atomic E-state index is 0.413. The smallest absolute Gasteiger partial charge is 0.326 e. The summed E-state index contributed by atoms with van der Waals surface area (Å²) < 4.78 is 0.582. The van der Waals surface area contributed by atoms with E-state index in [1.54, 1.807) is 0 Å². The highest BCUT2D eigenvalue weighted by atomic mass is 32.1. The molecule has 0 spiro atoms. The Hall–Kier alpha value is -1.82. The summed E-state index contributed by atoms with van der Waals surface area (Å²) in [7, 11) is 0. The molecule has 0 bridgehead atoms. The van der Waals surface area contributed by atoms with Gasteiger partial charge in [-0.25, -0.2) is 4.79 Å². The fraction of sp³-hybridized carbons (Fsp3) is 0.333. The molecule has 1 aromatic carbocycles. The first-order valence-electron chi connectivity index (χ1n) is 5.86. The van der Waals surface area contributed by atoms with Crippen LogP contribution in [0.25, 0.3) is 11.0 Å². The van der Waals surface area contributed by atoms with Crippen molar-refractivity contribution in [3.05, 3.63) is 23.0 Å². The van der Waals surface area contributed by atoms with Gasteiger partial charge < -0.3 is 20.0 Å². The number of carboxylic acid groups (broad SMARTS) is 1. The fourth-order valence-corrected chi connectivity index (χ4v) is 2.75. The number of carbonyl (C=O) groups is 1. The van der Waals surface area contributed by atoms with Crippen LogP contribution in [0.5, 0.6) is 0 Å². The molecule has 6 heteroatoms. The summed E-state index contributed by atoms with van der Waals surface area (Å²) in [6.45, 7) is 0.785. The zero-order valence-electron chi connectivity index (χ0n) is 9.64. The van der Waals surface area contributed by atoms with E-state index in [-0.39, 0.29) is 0 Å². The van der Waals surface area contributed by atoms with E-state index in [1.807, 2.05) is 23.1 Å². The second-order valence-corrected chi connectivity index (χ2v) is 4.91.